The van der Waals surface area contributed by atoms with Crippen molar-refractivity contribution in [1.82, 2.24) is 5.32 Å². The van der Waals surface area contributed by atoms with Gasteiger partial charge < -0.3 is 15.4 Å². The molecule has 1 aliphatic heterocycles. The highest BCUT2D eigenvalue weighted by Gasteiger charge is 2.14. The Labute approximate surface area is 116 Å². The Kier molecular flexibility index (Phi) is 4.70. The molecule has 0 spiro atoms. The molecular weight excluding hydrogens is 236 g/mol. The minimum absolute atomic E-state index is 0.746. The molecule has 2 N–H and O–H groups in total. The Balaban J connectivity index is 2.07. The predicted molar refractivity (Wildman–Crippen MR) is 81.3 cm³/mol. The highest BCUT2D eigenvalue weighted by atomic mass is 16.5. The smallest absolute Gasteiger partial charge is 0.125 e. The minimum Gasteiger partial charge on any atom is -0.496 e. The first-order valence-corrected chi connectivity index (χ1v) is 7.23. The number of rotatable bonds is 4. The molecule has 1 aliphatic rings. The zero-order valence-corrected chi connectivity index (χ0v) is 12.6. The lowest BCUT2D eigenvalue weighted by Crippen LogP contribution is -2.33. The normalized spacial score (nSPS) is 19.3. The van der Waals surface area contributed by atoms with E-state index in [0.717, 1.165) is 24.8 Å². The van der Waals surface area contributed by atoms with Crippen LogP contribution in [0.4, 0.5) is 5.69 Å². The van der Waals surface area contributed by atoms with Crippen molar-refractivity contribution in [3.8, 4) is 5.75 Å². The molecule has 1 unspecified atom stereocenters. The summed E-state index contributed by atoms with van der Waals surface area (Å²) < 4.78 is 5.47. The van der Waals surface area contributed by atoms with E-state index in [-0.39, 0.29) is 0 Å². The number of hydrogen-bond donors (Lipinski definition) is 2. The molecule has 19 heavy (non-hydrogen) atoms. The van der Waals surface area contributed by atoms with Gasteiger partial charge in [0.25, 0.3) is 0 Å². The average Bonchev–Trinajstić information content (AvgIpc) is 2.43. The number of benzene rings is 1. The number of piperidine rings is 1. The molecule has 1 saturated heterocycles. The topological polar surface area (TPSA) is 33.3 Å². The fourth-order valence-corrected chi connectivity index (χ4v) is 2.91. The molecule has 1 heterocycles. The van der Waals surface area contributed by atoms with Crippen molar-refractivity contribution >= 4 is 5.69 Å². The number of nitrogens with one attached hydrogen (secondary N) is 2. The Morgan fingerprint density at radius 1 is 1.32 bits per heavy atom. The molecule has 0 amide bonds. The highest BCUT2D eigenvalue weighted by molar-refractivity contribution is 5.61. The largest absolute Gasteiger partial charge is 0.496 e. The summed E-state index contributed by atoms with van der Waals surface area (Å²) in [5.74, 6) is 1.76. The molecule has 0 aliphatic carbocycles. The molecule has 0 saturated carbocycles. The Hall–Kier alpha value is -1.22. The van der Waals surface area contributed by atoms with Crippen LogP contribution in [-0.2, 0) is 0 Å². The summed E-state index contributed by atoms with van der Waals surface area (Å²) >= 11 is 0. The summed E-state index contributed by atoms with van der Waals surface area (Å²) in [6, 6.07) is 2.21. The van der Waals surface area contributed by atoms with Gasteiger partial charge in [0.15, 0.2) is 0 Å². The van der Waals surface area contributed by atoms with Gasteiger partial charge in [-0.3, -0.25) is 0 Å². The Morgan fingerprint density at radius 3 is 2.74 bits per heavy atom. The van der Waals surface area contributed by atoms with Gasteiger partial charge in [-0.2, -0.15) is 0 Å². The summed E-state index contributed by atoms with van der Waals surface area (Å²) in [6.07, 6.45) is 2.62. The van der Waals surface area contributed by atoms with Crippen LogP contribution in [0.1, 0.15) is 29.5 Å². The first-order valence-electron chi connectivity index (χ1n) is 7.23. The van der Waals surface area contributed by atoms with Gasteiger partial charge in [-0.1, -0.05) is 0 Å². The van der Waals surface area contributed by atoms with Crippen LogP contribution in [0, 0.1) is 26.7 Å². The molecule has 1 aromatic carbocycles. The first-order chi connectivity index (χ1) is 9.13. The zero-order valence-electron chi connectivity index (χ0n) is 12.6. The van der Waals surface area contributed by atoms with E-state index in [1.54, 1.807) is 7.11 Å². The highest BCUT2D eigenvalue weighted by Crippen LogP contribution is 2.31. The van der Waals surface area contributed by atoms with E-state index in [0.29, 0.717) is 0 Å². The number of hydrogen-bond acceptors (Lipinski definition) is 3. The summed E-state index contributed by atoms with van der Waals surface area (Å²) in [7, 11) is 1.75. The Bertz CT molecular complexity index is 437. The molecule has 0 aromatic heterocycles. The average molecular weight is 262 g/mol. The van der Waals surface area contributed by atoms with Gasteiger partial charge in [0.05, 0.1) is 7.11 Å². The van der Waals surface area contributed by atoms with Crippen LogP contribution >= 0.6 is 0 Å². The van der Waals surface area contributed by atoms with Crippen LogP contribution in [0.25, 0.3) is 0 Å². The summed E-state index contributed by atoms with van der Waals surface area (Å²) in [4.78, 5) is 0. The van der Waals surface area contributed by atoms with E-state index < -0.39 is 0 Å². The molecule has 0 radical (unpaired) electrons. The molecule has 0 bridgehead atoms. The number of anilines is 1. The molecule has 3 heteroatoms. The van der Waals surface area contributed by atoms with Crippen LogP contribution in [-0.4, -0.2) is 26.7 Å². The monoisotopic (exact) mass is 262 g/mol. The van der Waals surface area contributed by atoms with Gasteiger partial charge in [0.2, 0.25) is 0 Å². The maximum absolute atomic E-state index is 5.47. The van der Waals surface area contributed by atoms with Crippen molar-refractivity contribution in [2.24, 2.45) is 5.92 Å². The summed E-state index contributed by atoms with van der Waals surface area (Å²) in [5, 5.41) is 7.09. The quantitative estimate of drug-likeness (QED) is 0.875. The van der Waals surface area contributed by atoms with E-state index >= 15 is 0 Å². The second-order valence-corrected chi connectivity index (χ2v) is 5.62. The van der Waals surface area contributed by atoms with Crippen molar-refractivity contribution in [2.75, 3.05) is 32.1 Å². The van der Waals surface area contributed by atoms with Crippen LogP contribution in [0.5, 0.6) is 5.75 Å². The van der Waals surface area contributed by atoms with Crippen LogP contribution in [0.15, 0.2) is 6.07 Å². The summed E-state index contributed by atoms with van der Waals surface area (Å²) in [6.45, 7) is 9.78. The van der Waals surface area contributed by atoms with Crippen LogP contribution in [0.3, 0.4) is 0 Å². The lowest BCUT2D eigenvalue weighted by atomic mass is 9.98. The minimum atomic E-state index is 0.746. The first kappa shape index (κ1) is 14.2. The second kappa shape index (κ2) is 6.29. The van der Waals surface area contributed by atoms with Crippen molar-refractivity contribution < 1.29 is 4.74 Å². The molecule has 1 atom stereocenters. The van der Waals surface area contributed by atoms with E-state index in [9.17, 15) is 0 Å². The fourth-order valence-electron chi connectivity index (χ4n) is 2.91. The maximum atomic E-state index is 5.47. The van der Waals surface area contributed by atoms with Gasteiger partial charge in [0.1, 0.15) is 5.75 Å². The second-order valence-electron chi connectivity index (χ2n) is 5.62. The van der Waals surface area contributed by atoms with Crippen molar-refractivity contribution in [2.45, 2.75) is 33.6 Å². The maximum Gasteiger partial charge on any atom is 0.125 e. The third kappa shape index (κ3) is 3.21. The molecular formula is C16H26N2O. The van der Waals surface area contributed by atoms with E-state index in [4.69, 9.17) is 4.74 Å². The third-order valence-electron chi connectivity index (χ3n) is 4.21. The van der Waals surface area contributed by atoms with Gasteiger partial charge in [0, 0.05) is 12.2 Å². The molecule has 3 nitrogen and oxygen atoms in total. The predicted octanol–water partition coefficient (Wildman–Crippen LogP) is 3.03. The van der Waals surface area contributed by atoms with Crippen molar-refractivity contribution in [3.05, 3.63) is 22.8 Å². The Morgan fingerprint density at radius 2 is 2.11 bits per heavy atom. The lowest BCUT2D eigenvalue weighted by molar-refractivity contribution is 0.392. The van der Waals surface area contributed by atoms with Gasteiger partial charge in [-0.15, -0.1) is 0 Å². The standard InChI is InChI=1S/C16H26N2O/c1-11-8-15(12(2)13(3)16(11)19-4)18-10-14-6-5-7-17-9-14/h8,14,17-18H,5-7,9-10H2,1-4H3. The van der Waals surface area contributed by atoms with Crippen molar-refractivity contribution in [1.29, 1.82) is 0 Å². The zero-order chi connectivity index (χ0) is 13.8. The van der Waals surface area contributed by atoms with Crippen molar-refractivity contribution in [3.63, 3.8) is 0 Å². The van der Waals surface area contributed by atoms with E-state index in [1.807, 2.05) is 0 Å². The lowest BCUT2D eigenvalue weighted by Gasteiger charge is -2.24. The number of aryl methyl sites for hydroxylation is 1. The van der Waals surface area contributed by atoms with Gasteiger partial charge in [-0.25, -0.2) is 0 Å². The molecule has 106 valence electrons. The van der Waals surface area contributed by atoms with E-state index in [2.05, 4.69) is 37.5 Å². The SMILES string of the molecule is COc1c(C)cc(NCC2CCCNC2)c(C)c1C. The molecule has 2 rings (SSSR count). The van der Waals surface area contributed by atoms with Gasteiger partial charge in [-0.05, 0) is 75.4 Å². The molecule has 1 aromatic rings. The molecule has 1 fully saturated rings. The fraction of sp³-hybridized carbons (Fsp3) is 0.625. The van der Waals surface area contributed by atoms with Gasteiger partial charge >= 0.3 is 0 Å². The number of ether oxygens (including phenoxy) is 1. The van der Waals surface area contributed by atoms with Crippen LogP contribution < -0.4 is 15.4 Å². The summed E-state index contributed by atoms with van der Waals surface area (Å²) in [5.41, 5.74) is 4.99. The number of methoxy groups -OCH3 is 1. The van der Waals surface area contributed by atoms with Crippen LogP contribution in [0.2, 0.25) is 0 Å². The third-order valence-corrected chi connectivity index (χ3v) is 4.21. The van der Waals surface area contributed by atoms with E-state index in [1.165, 1.54) is 41.8 Å².